The topological polar surface area (TPSA) is 71.3 Å². The summed E-state index contributed by atoms with van der Waals surface area (Å²) in [6.07, 6.45) is -0.723. The summed E-state index contributed by atoms with van der Waals surface area (Å²) in [6.45, 7) is 3.48. The molecule has 0 spiro atoms. The Morgan fingerprint density at radius 3 is 2.54 bits per heavy atom. The van der Waals surface area contributed by atoms with Crippen LogP contribution in [-0.2, 0) is 4.79 Å². The predicted molar refractivity (Wildman–Crippen MR) is 92.6 cm³/mol. The summed E-state index contributed by atoms with van der Waals surface area (Å²) in [5, 5.41) is 12.1. The number of anilines is 1. The lowest BCUT2D eigenvalue weighted by Crippen LogP contribution is -2.30. The fraction of sp³-hybridized carbons (Fsp3) is 0.222. The smallest absolute Gasteiger partial charge is 0.265 e. The van der Waals surface area contributed by atoms with E-state index < -0.39 is 6.10 Å². The third-order valence-electron chi connectivity index (χ3n) is 3.40. The van der Waals surface area contributed by atoms with Gasteiger partial charge in [-0.25, -0.2) is 0 Å². The van der Waals surface area contributed by atoms with Crippen LogP contribution in [0.1, 0.15) is 18.1 Å². The fourth-order valence-corrected chi connectivity index (χ4v) is 2.18. The first kappa shape index (κ1) is 17.6. The Labute approximate surface area is 145 Å². The van der Waals surface area contributed by atoms with E-state index in [1.807, 2.05) is 13.0 Å². The van der Waals surface area contributed by atoms with Gasteiger partial charge in [0, 0.05) is 11.1 Å². The maximum absolute atomic E-state index is 12.3. The number of hydrogen-bond donors (Lipinski definition) is 1. The molecule has 24 heavy (non-hydrogen) atoms. The summed E-state index contributed by atoms with van der Waals surface area (Å²) in [5.74, 6) is 0.666. The first-order valence-electron chi connectivity index (χ1n) is 7.26. The number of amides is 1. The number of carbonyl (C=O) groups excluding carboxylic acids is 1. The third kappa shape index (κ3) is 4.18. The van der Waals surface area contributed by atoms with E-state index in [2.05, 4.69) is 5.32 Å². The van der Waals surface area contributed by atoms with Gasteiger partial charge in [0.05, 0.1) is 24.4 Å². The number of benzene rings is 2. The van der Waals surface area contributed by atoms with Crippen molar-refractivity contribution in [2.75, 3.05) is 12.4 Å². The van der Waals surface area contributed by atoms with Crippen molar-refractivity contribution in [1.82, 2.24) is 0 Å². The van der Waals surface area contributed by atoms with Crippen LogP contribution in [0, 0.1) is 18.3 Å². The lowest BCUT2D eigenvalue weighted by molar-refractivity contribution is -0.122. The molecule has 0 saturated carbocycles. The second kappa shape index (κ2) is 7.71. The number of nitrogens with one attached hydrogen (secondary N) is 1. The quantitative estimate of drug-likeness (QED) is 0.891. The van der Waals surface area contributed by atoms with Gasteiger partial charge in [-0.2, -0.15) is 5.26 Å². The highest BCUT2D eigenvalue weighted by molar-refractivity contribution is 6.31. The Morgan fingerprint density at radius 1 is 1.29 bits per heavy atom. The van der Waals surface area contributed by atoms with Gasteiger partial charge in [0.15, 0.2) is 6.10 Å². The molecule has 2 aromatic carbocycles. The Kier molecular flexibility index (Phi) is 5.67. The summed E-state index contributed by atoms with van der Waals surface area (Å²) >= 11 is 6.06. The maximum Gasteiger partial charge on any atom is 0.265 e. The van der Waals surface area contributed by atoms with Gasteiger partial charge < -0.3 is 14.8 Å². The van der Waals surface area contributed by atoms with Gasteiger partial charge in [-0.05, 0) is 49.7 Å². The Bertz CT molecular complexity index is 782. The Hall–Kier alpha value is -2.71. The molecule has 0 aliphatic carbocycles. The molecular weight excluding hydrogens is 328 g/mol. The third-order valence-corrected chi connectivity index (χ3v) is 3.81. The number of rotatable bonds is 5. The van der Waals surface area contributed by atoms with Crippen LogP contribution in [0.4, 0.5) is 5.69 Å². The maximum atomic E-state index is 12.3. The van der Waals surface area contributed by atoms with Crippen molar-refractivity contribution in [1.29, 1.82) is 5.26 Å². The number of halogens is 1. The number of nitriles is 1. The van der Waals surface area contributed by atoms with Crippen LogP contribution in [0.3, 0.4) is 0 Å². The normalized spacial score (nSPS) is 11.3. The molecule has 124 valence electrons. The van der Waals surface area contributed by atoms with Crippen molar-refractivity contribution >= 4 is 23.2 Å². The molecule has 1 atom stereocenters. The average molecular weight is 345 g/mol. The van der Waals surface area contributed by atoms with E-state index in [0.717, 1.165) is 5.56 Å². The summed E-state index contributed by atoms with van der Waals surface area (Å²) < 4.78 is 10.8. The highest BCUT2D eigenvalue weighted by Crippen LogP contribution is 2.31. The van der Waals surface area contributed by atoms with E-state index in [1.54, 1.807) is 43.3 Å². The molecular formula is C18H17ClN2O3. The van der Waals surface area contributed by atoms with Crippen molar-refractivity contribution in [3.63, 3.8) is 0 Å². The molecule has 1 N–H and O–H groups in total. The first-order valence-corrected chi connectivity index (χ1v) is 7.64. The predicted octanol–water partition coefficient (Wildman–Crippen LogP) is 3.93. The molecule has 1 amide bonds. The van der Waals surface area contributed by atoms with Crippen molar-refractivity contribution < 1.29 is 14.3 Å². The van der Waals surface area contributed by atoms with Crippen LogP contribution < -0.4 is 14.8 Å². The second-order valence-corrected chi connectivity index (χ2v) is 5.59. The van der Waals surface area contributed by atoms with E-state index in [9.17, 15) is 4.79 Å². The van der Waals surface area contributed by atoms with Gasteiger partial charge in [0.25, 0.3) is 5.91 Å². The molecule has 2 rings (SSSR count). The number of aryl methyl sites for hydroxylation is 1. The Morgan fingerprint density at radius 2 is 1.96 bits per heavy atom. The number of hydrogen-bond acceptors (Lipinski definition) is 4. The van der Waals surface area contributed by atoms with E-state index in [0.29, 0.717) is 27.8 Å². The van der Waals surface area contributed by atoms with Gasteiger partial charge in [0.2, 0.25) is 0 Å². The zero-order chi connectivity index (χ0) is 17.7. The molecule has 0 bridgehead atoms. The molecule has 0 aliphatic heterocycles. The second-order valence-electron chi connectivity index (χ2n) is 5.19. The average Bonchev–Trinajstić information content (AvgIpc) is 2.58. The molecule has 0 aromatic heterocycles. The molecule has 0 heterocycles. The van der Waals surface area contributed by atoms with Gasteiger partial charge in [-0.1, -0.05) is 11.6 Å². The van der Waals surface area contributed by atoms with E-state index in [-0.39, 0.29) is 5.91 Å². The van der Waals surface area contributed by atoms with Crippen LogP contribution in [0.2, 0.25) is 5.02 Å². The molecule has 2 aromatic rings. The minimum atomic E-state index is -0.723. The number of nitrogens with zero attached hydrogens (tertiary/aromatic N) is 1. The summed E-state index contributed by atoms with van der Waals surface area (Å²) in [4.78, 5) is 12.3. The van der Waals surface area contributed by atoms with Gasteiger partial charge in [-0.15, -0.1) is 0 Å². The first-order chi connectivity index (χ1) is 11.4. The van der Waals surface area contributed by atoms with Gasteiger partial charge in [-0.3, -0.25) is 4.79 Å². The Balaban J connectivity index is 2.08. The van der Waals surface area contributed by atoms with Crippen molar-refractivity contribution in [3.8, 4) is 17.6 Å². The molecule has 6 heteroatoms. The highest BCUT2D eigenvalue weighted by Gasteiger charge is 2.17. The van der Waals surface area contributed by atoms with Gasteiger partial charge in [0.1, 0.15) is 11.5 Å². The molecule has 0 aliphatic rings. The van der Waals surface area contributed by atoms with Crippen LogP contribution in [0.5, 0.6) is 11.5 Å². The van der Waals surface area contributed by atoms with Crippen molar-refractivity contribution in [2.24, 2.45) is 0 Å². The largest absolute Gasteiger partial charge is 0.495 e. The molecule has 1 unspecified atom stereocenters. The van der Waals surface area contributed by atoms with E-state index in [4.69, 9.17) is 26.3 Å². The van der Waals surface area contributed by atoms with Crippen LogP contribution in [0.25, 0.3) is 0 Å². The summed E-state index contributed by atoms with van der Waals surface area (Å²) in [6, 6.07) is 12.0. The van der Waals surface area contributed by atoms with Crippen molar-refractivity contribution in [2.45, 2.75) is 20.0 Å². The van der Waals surface area contributed by atoms with Crippen LogP contribution in [0.15, 0.2) is 36.4 Å². The van der Waals surface area contributed by atoms with Crippen molar-refractivity contribution in [3.05, 3.63) is 52.5 Å². The van der Waals surface area contributed by atoms with Crippen LogP contribution in [-0.4, -0.2) is 19.1 Å². The zero-order valence-electron chi connectivity index (χ0n) is 13.6. The lowest BCUT2D eigenvalue weighted by atomic mass is 10.2. The highest BCUT2D eigenvalue weighted by atomic mass is 35.5. The monoisotopic (exact) mass is 344 g/mol. The summed E-state index contributed by atoms with van der Waals surface area (Å²) in [5.41, 5.74) is 1.88. The number of carbonyl (C=O) groups is 1. The lowest BCUT2D eigenvalue weighted by Gasteiger charge is -2.17. The molecule has 5 nitrogen and oxygen atoms in total. The minimum absolute atomic E-state index is 0.320. The summed E-state index contributed by atoms with van der Waals surface area (Å²) in [7, 11) is 1.51. The molecule has 0 fully saturated rings. The molecule has 0 saturated heterocycles. The van der Waals surface area contributed by atoms with E-state index >= 15 is 0 Å². The zero-order valence-corrected chi connectivity index (χ0v) is 14.3. The fourth-order valence-electron chi connectivity index (χ4n) is 2.03. The standard InChI is InChI=1S/C18H17ClN2O3/c1-11-8-16(17(23-3)9-15(11)19)21-18(22)12(2)24-14-6-4-13(10-20)5-7-14/h4-9,12H,1-3H3,(H,21,22). The number of methoxy groups -OCH3 is 1. The minimum Gasteiger partial charge on any atom is -0.495 e. The number of ether oxygens (including phenoxy) is 2. The van der Waals surface area contributed by atoms with Crippen LogP contribution >= 0.6 is 11.6 Å². The van der Waals surface area contributed by atoms with Gasteiger partial charge >= 0.3 is 0 Å². The molecule has 0 radical (unpaired) electrons. The van der Waals surface area contributed by atoms with E-state index in [1.165, 1.54) is 7.11 Å². The SMILES string of the molecule is COc1cc(Cl)c(C)cc1NC(=O)C(C)Oc1ccc(C#N)cc1.